The number of carbonyl (C=O) groups excluding carboxylic acids is 2. The minimum Gasteiger partial charge on any atom is -0.457 e. The van der Waals surface area contributed by atoms with Gasteiger partial charge in [-0.05, 0) is 12.0 Å². The van der Waals surface area contributed by atoms with Gasteiger partial charge in [-0.2, -0.15) is 0 Å². The lowest BCUT2D eigenvalue weighted by Crippen LogP contribution is -2.62. The highest BCUT2D eigenvalue weighted by atomic mass is 16.6. The van der Waals surface area contributed by atoms with E-state index < -0.39 is 36.2 Å². The quantitative estimate of drug-likeness (QED) is 0.640. The molecule has 5 atom stereocenters. The Hall–Kier alpha value is -1.96. The van der Waals surface area contributed by atoms with Gasteiger partial charge in [0.25, 0.3) is 0 Å². The first-order valence-corrected chi connectivity index (χ1v) is 8.31. The van der Waals surface area contributed by atoms with Gasteiger partial charge in [0.15, 0.2) is 6.10 Å². The van der Waals surface area contributed by atoms with E-state index in [-0.39, 0.29) is 25.5 Å². The molecule has 1 fully saturated rings. The summed E-state index contributed by atoms with van der Waals surface area (Å²) in [4.78, 5) is 23.0. The monoisotopic (exact) mass is 351 g/mol. The molecule has 5 unspecified atom stereocenters. The summed E-state index contributed by atoms with van der Waals surface area (Å²) in [6.45, 7) is 2.63. The Morgan fingerprint density at radius 1 is 1.20 bits per heavy atom. The van der Waals surface area contributed by atoms with Gasteiger partial charge in [-0.25, -0.2) is 0 Å². The molecule has 1 aliphatic carbocycles. The SMILES string of the molecule is CC(=O)NC1C(O)CC(CO)C(OCc2ccccc2)C1OC(C)=O. The maximum Gasteiger partial charge on any atom is 0.303 e. The molecule has 0 saturated heterocycles. The van der Waals surface area contributed by atoms with Crippen molar-refractivity contribution in [2.45, 2.75) is 51.2 Å². The summed E-state index contributed by atoms with van der Waals surface area (Å²) in [7, 11) is 0. The lowest BCUT2D eigenvalue weighted by Gasteiger charge is -2.44. The predicted molar refractivity (Wildman–Crippen MR) is 89.4 cm³/mol. The van der Waals surface area contributed by atoms with E-state index in [1.807, 2.05) is 30.3 Å². The van der Waals surface area contributed by atoms with Crippen LogP contribution in [0.3, 0.4) is 0 Å². The molecule has 1 saturated carbocycles. The highest BCUT2D eigenvalue weighted by molar-refractivity contribution is 5.73. The zero-order chi connectivity index (χ0) is 18.4. The van der Waals surface area contributed by atoms with E-state index in [1.54, 1.807) is 0 Å². The number of esters is 1. The van der Waals surface area contributed by atoms with Crippen LogP contribution in [0, 0.1) is 5.92 Å². The van der Waals surface area contributed by atoms with Crippen LogP contribution in [0.15, 0.2) is 30.3 Å². The molecule has 0 spiro atoms. The molecular weight excluding hydrogens is 326 g/mol. The number of benzene rings is 1. The van der Waals surface area contributed by atoms with Gasteiger partial charge in [0, 0.05) is 26.4 Å². The Labute approximate surface area is 146 Å². The molecule has 0 aliphatic heterocycles. The van der Waals surface area contributed by atoms with Gasteiger partial charge < -0.3 is 25.0 Å². The summed E-state index contributed by atoms with van der Waals surface area (Å²) < 4.78 is 11.3. The van der Waals surface area contributed by atoms with Gasteiger partial charge in [0.05, 0.1) is 18.8 Å². The third-order valence-corrected chi connectivity index (χ3v) is 4.29. The Morgan fingerprint density at radius 2 is 1.88 bits per heavy atom. The molecule has 138 valence electrons. The number of ether oxygens (including phenoxy) is 2. The molecular formula is C18H25NO6. The van der Waals surface area contributed by atoms with E-state index in [9.17, 15) is 19.8 Å². The third kappa shape index (κ3) is 5.26. The molecule has 1 aromatic rings. The van der Waals surface area contributed by atoms with Crippen LogP contribution in [-0.2, 0) is 25.7 Å². The van der Waals surface area contributed by atoms with Gasteiger partial charge in [-0.15, -0.1) is 0 Å². The van der Waals surface area contributed by atoms with E-state index in [1.165, 1.54) is 13.8 Å². The molecule has 7 nitrogen and oxygen atoms in total. The molecule has 7 heteroatoms. The maximum atomic E-state index is 11.5. The number of amides is 1. The van der Waals surface area contributed by atoms with Crippen molar-refractivity contribution in [3.05, 3.63) is 35.9 Å². The second kappa shape index (κ2) is 8.94. The topological polar surface area (TPSA) is 105 Å². The summed E-state index contributed by atoms with van der Waals surface area (Å²) in [5.74, 6) is -1.29. The minimum atomic E-state index is -0.943. The van der Waals surface area contributed by atoms with E-state index in [4.69, 9.17) is 9.47 Å². The van der Waals surface area contributed by atoms with Crippen LogP contribution in [0.25, 0.3) is 0 Å². The summed E-state index contributed by atoms with van der Waals surface area (Å²) in [6.07, 6.45) is -2.24. The van der Waals surface area contributed by atoms with Crippen LogP contribution in [0.2, 0.25) is 0 Å². The second-order valence-corrected chi connectivity index (χ2v) is 6.31. The number of aliphatic hydroxyl groups is 2. The number of aliphatic hydroxyl groups excluding tert-OH is 2. The van der Waals surface area contributed by atoms with E-state index in [2.05, 4.69) is 5.32 Å². The fraction of sp³-hybridized carbons (Fsp3) is 0.556. The summed E-state index contributed by atoms with van der Waals surface area (Å²) in [5, 5.41) is 22.6. The Kier molecular flexibility index (Phi) is 6.92. The molecule has 1 aromatic carbocycles. The molecule has 3 N–H and O–H groups in total. The molecule has 0 radical (unpaired) electrons. The Bertz CT molecular complexity index is 578. The van der Waals surface area contributed by atoms with Crippen LogP contribution >= 0.6 is 0 Å². The van der Waals surface area contributed by atoms with Crippen molar-refractivity contribution in [3.8, 4) is 0 Å². The van der Waals surface area contributed by atoms with Crippen LogP contribution < -0.4 is 5.32 Å². The molecule has 0 heterocycles. The van der Waals surface area contributed by atoms with Crippen molar-refractivity contribution >= 4 is 11.9 Å². The van der Waals surface area contributed by atoms with Crippen molar-refractivity contribution in [2.75, 3.05) is 6.61 Å². The van der Waals surface area contributed by atoms with E-state index >= 15 is 0 Å². The van der Waals surface area contributed by atoms with Crippen LogP contribution in [0.4, 0.5) is 0 Å². The highest BCUT2D eigenvalue weighted by Crippen LogP contribution is 2.31. The van der Waals surface area contributed by atoms with Crippen LogP contribution in [0.5, 0.6) is 0 Å². The van der Waals surface area contributed by atoms with Gasteiger partial charge in [-0.3, -0.25) is 9.59 Å². The zero-order valence-corrected chi connectivity index (χ0v) is 14.4. The highest BCUT2D eigenvalue weighted by Gasteiger charge is 2.47. The maximum absolute atomic E-state index is 11.5. The van der Waals surface area contributed by atoms with E-state index in [0.29, 0.717) is 0 Å². The van der Waals surface area contributed by atoms with Crippen molar-refractivity contribution in [1.29, 1.82) is 0 Å². The van der Waals surface area contributed by atoms with Crippen molar-refractivity contribution in [2.24, 2.45) is 5.92 Å². The molecule has 0 aromatic heterocycles. The molecule has 1 amide bonds. The lowest BCUT2D eigenvalue weighted by atomic mass is 9.79. The summed E-state index contributed by atoms with van der Waals surface area (Å²) in [6, 6.07) is 8.68. The van der Waals surface area contributed by atoms with Crippen molar-refractivity contribution in [3.63, 3.8) is 0 Å². The number of hydrogen-bond donors (Lipinski definition) is 3. The number of rotatable bonds is 6. The summed E-state index contributed by atoms with van der Waals surface area (Å²) in [5.41, 5.74) is 0.933. The standard InChI is InChI=1S/C18H25NO6/c1-11(21)19-16-15(23)8-14(9-20)17(18(16)25-12(2)22)24-10-13-6-4-3-5-7-13/h3-7,14-18,20,23H,8-10H2,1-2H3,(H,19,21). The van der Waals surface area contributed by atoms with Gasteiger partial charge in [-0.1, -0.05) is 30.3 Å². The average molecular weight is 351 g/mol. The van der Waals surface area contributed by atoms with Gasteiger partial charge in [0.2, 0.25) is 5.91 Å². The number of carbonyl (C=O) groups is 2. The van der Waals surface area contributed by atoms with Crippen LogP contribution in [0.1, 0.15) is 25.8 Å². The molecule has 2 rings (SSSR count). The first kappa shape index (κ1) is 19.4. The fourth-order valence-corrected chi connectivity index (χ4v) is 3.20. The fourth-order valence-electron chi connectivity index (χ4n) is 3.20. The smallest absolute Gasteiger partial charge is 0.303 e. The normalized spacial score (nSPS) is 29.0. The second-order valence-electron chi connectivity index (χ2n) is 6.31. The third-order valence-electron chi connectivity index (χ3n) is 4.29. The zero-order valence-electron chi connectivity index (χ0n) is 14.4. The van der Waals surface area contributed by atoms with E-state index in [0.717, 1.165) is 5.56 Å². The largest absolute Gasteiger partial charge is 0.457 e. The molecule has 25 heavy (non-hydrogen) atoms. The first-order valence-electron chi connectivity index (χ1n) is 8.31. The minimum absolute atomic E-state index is 0.221. The Morgan fingerprint density at radius 3 is 2.44 bits per heavy atom. The lowest BCUT2D eigenvalue weighted by molar-refractivity contribution is -0.183. The predicted octanol–water partition coefficient (Wildman–Crippen LogP) is 0.381. The molecule has 1 aliphatic rings. The van der Waals surface area contributed by atoms with Gasteiger partial charge in [0.1, 0.15) is 6.10 Å². The number of nitrogens with one attached hydrogen (secondary N) is 1. The van der Waals surface area contributed by atoms with Gasteiger partial charge >= 0.3 is 5.97 Å². The molecule has 0 bridgehead atoms. The Balaban J connectivity index is 2.21. The van der Waals surface area contributed by atoms with Crippen molar-refractivity contribution in [1.82, 2.24) is 5.32 Å². The number of hydrogen-bond acceptors (Lipinski definition) is 6. The van der Waals surface area contributed by atoms with Crippen LogP contribution in [-0.4, -0.2) is 53.1 Å². The average Bonchev–Trinajstić information content (AvgIpc) is 2.57. The summed E-state index contributed by atoms with van der Waals surface area (Å²) >= 11 is 0. The van der Waals surface area contributed by atoms with Crippen molar-refractivity contribution < 1.29 is 29.3 Å². The first-order chi connectivity index (χ1) is 11.9.